The third kappa shape index (κ3) is 2.80. The molecular weight excluding hydrogens is 276 g/mol. The van der Waals surface area contributed by atoms with E-state index in [2.05, 4.69) is 37.5 Å². The Hall–Kier alpha value is -0.610. The van der Waals surface area contributed by atoms with Crippen molar-refractivity contribution < 1.29 is 9.53 Å². The number of ether oxygens (including phenoxy) is 1. The number of carbonyl (C=O) groups excluding carboxylic acids is 1. The summed E-state index contributed by atoms with van der Waals surface area (Å²) in [6, 6.07) is 0. The van der Waals surface area contributed by atoms with Gasteiger partial charge in [-0.3, -0.25) is 9.69 Å². The fourth-order valence-electron chi connectivity index (χ4n) is 5.17. The first kappa shape index (κ1) is 16.3. The molecule has 1 aliphatic heterocycles. The summed E-state index contributed by atoms with van der Waals surface area (Å²) in [6.07, 6.45) is 3.85. The molecule has 0 amide bonds. The van der Waals surface area contributed by atoms with Crippen LogP contribution >= 0.6 is 0 Å². The van der Waals surface area contributed by atoms with Crippen molar-refractivity contribution in [3.63, 3.8) is 0 Å². The molecule has 3 fully saturated rings. The molecule has 3 rings (SSSR count). The van der Waals surface area contributed by atoms with E-state index in [9.17, 15) is 4.79 Å². The van der Waals surface area contributed by atoms with E-state index in [1.54, 1.807) is 0 Å². The normalized spacial score (nSPS) is 38.4. The summed E-state index contributed by atoms with van der Waals surface area (Å²) in [5.41, 5.74) is 0.355. The molecule has 22 heavy (non-hydrogen) atoms. The zero-order chi connectivity index (χ0) is 16.0. The van der Waals surface area contributed by atoms with Gasteiger partial charge < -0.3 is 9.64 Å². The van der Waals surface area contributed by atoms with Crippen molar-refractivity contribution in [2.75, 3.05) is 39.3 Å². The highest BCUT2D eigenvalue weighted by Crippen LogP contribution is 2.63. The molecule has 0 aromatic heterocycles. The van der Waals surface area contributed by atoms with Crippen LogP contribution in [0.15, 0.2) is 0 Å². The van der Waals surface area contributed by atoms with Gasteiger partial charge in [-0.1, -0.05) is 27.7 Å². The lowest BCUT2D eigenvalue weighted by Crippen LogP contribution is -2.49. The molecule has 1 heterocycles. The third-order valence-corrected chi connectivity index (χ3v) is 6.65. The maximum absolute atomic E-state index is 12.4. The van der Waals surface area contributed by atoms with Gasteiger partial charge in [-0.2, -0.15) is 0 Å². The lowest BCUT2D eigenvalue weighted by Gasteiger charge is -2.42. The molecule has 2 saturated carbocycles. The number of esters is 1. The Morgan fingerprint density at radius 2 is 1.77 bits per heavy atom. The molecule has 4 nitrogen and oxygen atoms in total. The van der Waals surface area contributed by atoms with Gasteiger partial charge in [0, 0.05) is 37.0 Å². The summed E-state index contributed by atoms with van der Waals surface area (Å²) in [6.45, 7) is 14.8. The van der Waals surface area contributed by atoms with Crippen LogP contribution in [0.1, 0.15) is 47.0 Å². The van der Waals surface area contributed by atoms with Crippen molar-refractivity contribution in [2.24, 2.45) is 16.7 Å². The van der Waals surface area contributed by atoms with Crippen LogP contribution < -0.4 is 0 Å². The summed E-state index contributed by atoms with van der Waals surface area (Å²) >= 11 is 0. The molecule has 0 aromatic rings. The molecule has 1 saturated heterocycles. The quantitative estimate of drug-likeness (QED) is 0.747. The van der Waals surface area contributed by atoms with Gasteiger partial charge in [-0.05, 0) is 31.7 Å². The molecule has 126 valence electrons. The van der Waals surface area contributed by atoms with Crippen LogP contribution in [0.4, 0.5) is 0 Å². The molecule has 3 aliphatic rings. The Labute approximate surface area is 135 Å². The van der Waals surface area contributed by atoms with Crippen LogP contribution in [-0.4, -0.2) is 61.1 Å². The first-order chi connectivity index (χ1) is 10.3. The second kappa shape index (κ2) is 5.79. The molecule has 2 aliphatic carbocycles. The lowest BCUT2D eigenvalue weighted by atomic mass is 9.70. The van der Waals surface area contributed by atoms with Crippen LogP contribution in [0.5, 0.6) is 0 Å². The van der Waals surface area contributed by atoms with Gasteiger partial charge in [-0.15, -0.1) is 0 Å². The minimum atomic E-state index is -0.0169. The van der Waals surface area contributed by atoms with E-state index in [1.807, 2.05) is 0 Å². The van der Waals surface area contributed by atoms with Crippen LogP contribution in [0.2, 0.25) is 0 Å². The van der Waals surface area contributed by atoms with E-state index in [0.717, 1.165) is 38.6 Å². The summed E-state index contributed by atoms with van der Waals surface area (Å²) in [7, 11) is 0. The van der Waals surface area contributed by atoms with E-state index in [0.29, 0.717) is 6.54 Å². The van der Waals surface area contributed by atoms with Crippen molar-refractivity contribution >= 4 is 5.97 Å². The molecule has 0 spiro atoms. The SMILES string of the molecule is CCN1CCN(CC(=O)O[C@H]2C(C)(C)[C@H]3CC[C@]2(C)C3)CC1. The van der Waals surface area contributed by atoms with Crippen LogP contribution in [0.25, 0.3) is 0 Å². The van der Waals surface area contributed by atoms with Crippen molar-refractivity contribution in [1.29, 1.82) is 0 Å². The lowest BCUT2D eigenvalue weighted by molar-refractivity contribution is -0.166. The monoisotopic (exact) mass is 308 g/mol. The Morgan fingerprint density at radius 3 is 2.32 bits per heavy atom. The minimum Gasteiger partial charge on any atom is -0.460 e. The summed E-state index contributed by atoms with van der Waals surface area (Å²) < 4.78 is 6.03. The second-order valence-electron chi connectivity index (χ2n) is 8.50. The van der Waals surface area contributed by atoms with Gasteiger partial charge in [0.15, 0.2) is 0 Å². The molecule has 0 aromatic carbocycles. The van der Waals surface area contributed by atoms with Gasteiger partial charge in [0.25, 0.3) is 0 Å². The predicted octanol–water partition coefficient (Wildman–Crippen LogP) is 2.38. The molecule has 0 unspecified atom stereocenters. The van der Waals surface area contributed by atoms with Crippen molar-refractivity contribution in [3.8, 4) is 0 Å². The predicted molar refractivity (Wildman–Crippen MR) is 87.7 cm³/mol. The number of hydrogen-bond donors (Lipinski definition) is 0. The van der Waals surface area contributed by atoms with E-state index >= 15 is 0 Å². The van der Waals surface area contributed by atoms with Gasteiger partial charge in [-0.25, -0.2) is 0 Å². The third-order valence-electron chi connectivity index (χ3n) is 6.65. The highest BCUT2D eigenvalue weighted by Gasteiger charge is 2.61. The van der Waals surface area contributed by atoms with Crippen LogP contribution in [-0.2, 0) is 9.53 Å². The van der Waals surface area contributed by atoms with E-state index in [-0.39, 0.29) is 22.9 Å². The average Bonchev–Trinajstić information content (AvgIpc) is 2.96. The second-order valence-corrected chi connectivity index (χ2v) is 8.50. The van der Waals surface area contributed by atoms with E-state index < -0.39 is 0 Å². The zero-order valence-corrected chi connectivity index (χ0v) is 14.7. The van der Waals surface area contributed by atoms with Gasteiger partial charge in [0.1, 0.15) is 6.10 Å². The Morgan fingerprint density at radius 1 is 1.14 bits per heavy atom. The first-order valence-electron chi connectivity index (χ1n) is 8.99. The highest BCUT2D eigenvalue weighted by atomic mass is 16.5. The van der Waals surface area contributed by atoms with E-state index in [4.69, 9.17) is 4.74 Å². The topological polar surface area (TPSA) is 32.8 Å². The number of carbonyl (C=O) groups is 1. The zero-order valence-electron chi connectivity index (χ0n) is 14.7. The van der Waals surface area contributed by atoms with Gasteiger partial charge >= 0.3 is 5.97 Å². The van der Waals surface area contributed by atoms with Crippen molar-refractivity contribution in [3.05, 3.63) is 0 Å². The molecule has 0 N–H and O–H groups in total. The molecule has 2 bridgehead atoms. The van der Waals surface area contributed by atoms with Crippen LogP contribution in [0.3, 0.4) is 0 Å². The molecular formula is C18H32N2O2. The Balaban J connectivity index is 1.54. The fourth-order valence-corrected chi connectivity index (χ4v) is 5.17. The molecule has 4 heteroatoms. The number of hydrogen-bond acceptors (Lipinski definition) is 4. The number of likely N-dealkylation sites (N-methyl/N-ethyl adjacent to an activating group) is 1. The summed E-state index contributed by atoms with van der Waals surface area (Å²) in [4.78, 5) is 17.1. The average molecular weight is 308 g/mol. The van der Waals surface area contributed by atoms with Gasteiger partial charge in [0.05, 0.1) is 6.54 Å². The maximum atomic E-state index is 12.4. The molecule has 0 radical (unpaired) electrons. The summed E-state index contributed by atoms with van der Waals surface area (Å²) in [5, 5.41) is 0. The van der Waals surface area contributed by atoms with E-state index in [1.165, 1.54) is 19.3 Å². The first-order valence-corrected chi connectivity index (χ1v) is 8.99. The van der Waals surface area contributed by atoms with Crippen molar-refractivity contribution in [2.45, 2.75) is 53.1 Å². The van der Waals surface area contributed by atoms with Crippen molar-refractivity contribution in [1.82, 2.24) is 9.80 Å². The maximum Gasteiger partial charge on any atom is 0.320 e. The highest BCUT2D eigenvalue weighted by molar-refractivity contribution is 5.72. The largest absolute Gasteiger partial charge is 0.460 e. The summed E-state index contributed by atoms with van der Waals surface area (Å²) in [5.74, 6) is 0.709. The smallest absolute Gasteiger partial charge is 0.320 e. The number of fused-ring (bicyclic) bond motifs is 2. The minimum absolute atomic E-state index is 0.0169. The number of piperazine rings is 1. The van der Waals surface area contributed by atoms with Gasteiger partial charge in [0.2, 0.25) is 0 Å². The molecule has 3 atom stereocenters. The Kier molecular flexibility index (Phi) is 4.28. The Bertz CT molecular complexity index is 424. The number of rotatable bonds is 4. The fraction of sp³-hybridized carbons (Fsp3) is 0.944. The number of nitrogens with zero attached hydrogens (tertiary/aromatic N) is 2. The van der Waals surface area contributed by atoms with Crippen LogP contribution in [0, 0.1) is 16.7 Å². The standard InChI is InChI=1S/C18H32N2O2/c1-5-19-8-10-20(11-9-19)13-15(21)22-16-17(2,3)14-6-7-18(16,4)12-14/h14,16H,5-13H2,1-4H3/t14-,16-,18+/m0/s1.